The fourth-order valence-electron chi connectivity index (χ4n) is 5.70. The van der Waals surface area contributed by atoms with Crippen LogP contribution in [0.5, 0.6) is 0 Å². The number of benzene rings is 3. The highest BCUT2D eigenvalue weighted by Crippen LogP contribution is 2.43. The van der Waals surface area contributed by atoms with E-state index in [0.29, 0.717) is 5.56 Å². The lowest BCUT2D eigenvalue weighted by atomic mass is 9.90. The van der Waals surface area contributed by atoms with Crippen LogP contribution in [0.4, 0.5) is 0 Å². The molecule has 6 rings (SSSR count). The number of aryl methyl sites for hydroxylation is 2. The van der Waals surface area contributed by atoms with Gasteiger partial charge in [-0.3, -0.25) is 0 Å². The van der Waals surface area contributed by atoms with Crippen LogP contribution in [0.25, 0.3) is 44.3 Å². The number of nitrogens with zero attached hydrogens (tertiary/aromatic N) is 2. The Bertz CT molecular complexity index is 1660. The van der Waals surface area contributed by atoms with Gasteiger partial charge in [-0.15, -0.1) is 0 Å². The van der Waals surface area contributed by atoms with Crippen molar-refractivity contribution >= 4 is 21.9 Å². The Labute approximate surface area is 199 Å². The summed E-state index contributed by atoms with van der Waals surface area (Å²) in [5, 5.41) is 12.1. The fourth-order valence-corrected chi connectivity index (χ4v) is 5.70. The van der Waals surface area contributed by atoms with Crippen LogP contribution in [0.3, 0.4) is 0 Å². The van der Waals surface area contributed by atoms with Gasteiger partial charge in [-0.05, 0) is 65.6 Å². The molecule has 5 aromatic rings. The van der Waals surface area contributed by atoms with Crippen LogP contribution in [0, 0.1) is 23.7 Å². The summed E-state index contributed by atoms with van der Waals surface area (Å²) in [6, 6.07) is 23.6. The van der Waals surface area contributed by atoms with E-state index in [1.807, 2.05) is 18.2 Å². The van der Waals surface area contributed by atoms with Crippen LogP contribution < -0.4 is 4.57 Å². The Kier molecular flexibility index (Phi) is 4.44. The molecule has 0 radical (unpaired) electrons. The molecule has 0 bridgehead atoms. The quantitative estimate of drug-likeness (QED) is 0.274. The number of nitriles is 1. The smallest absolute Gasteiger partial charge is 0.216 e. The van der Waals surface area contributed by atoms with E-state index in [4.69, 9.17) is 4.42 Å². The molecule has 166 valence electrons. The predicted octanol–water partition coefficient (Wildman–Crippen LogP) is 7.05. The van der Waals surface area contributed by atoms with Crippen LogP contribution in [-0.2, 0) is 19.9 Å². The molecule has 0 aliphatic heterocycles. The number of furan rings is 1. The first-order valence-electron chi connectivity index (χ1n) is 11.8. The van der Waals surface area contributed by atoms with Crippen molar-refractivity contribution in [2.75, 3.05) is 0 Å². The molecule has 2 aromatic heterocycles. The summed E-state index contributed by atoms with van der Waals surface area (Å²) in [5.41, 5.74) is 10.7. The normalized spacial score (nSPS) is 14.4. The minimum atomic E-state index is 0.280. The maximum absolute atomic E-state index is 10.0. The Morgan fingerprint density at radius 2 is 1.62 bits per heavy atom. The average molecular weight is 444 g/mol. The molecule has 0 saturated heterocycles. The summed E-state index contributed by atoms with van der Waals surface area (Å²) in [4.78, 5) is 0. The highest BCUT2D eigenvalue weighted by molar-refractivity contribution is 6.14. The van der Waals surface area contributed by atoms with Crippen molar-refractivity contribution in [1.29, 1.82) is 5.26 Å². The van der Waals surface area contributed by atoms with Crippen LogP contribution in [0.1, 0.15) is 36.1 Å². The number of aromatic nitrogens is 1. The van der Waals surface area contributed by atoms with Gasteiger partial charge in [0.1, 0.15) is 18.2 Å². The molecule has 0 spiro atoms. The minimum absolute atomic E-state index is 0.280. The zero-order valence-corrected chi connectivity index (χ0v) is 20.1. The molecular weight excluding hydrogens is 416 g/mol. The summed E-state index contributed by atoms with van der Waals surface area (Å²) in [6.45, 7) is 6.76. The lowest BCUT2D eigenvalue weighted by Gasteiger charge is -2.14. The van der Waals surface area contributed by atoms with E-state index in [-0.39, 0.29) is 5.41 Å². The number of hydrogen-bond donors (Lipinski definition) is 0. The molecule has 0 N–H and O–H groups in total. The van der Waals surface area contributed by atoms with Gasteiger partial charge in [0.15, 0.2) is 6.20 Å². The molecule has 0 atom stereocenters. The first-order chi connectivity index (χ1) is 16.4. The Hall–Kier alpha value is -3.90. The topological polar surface area (TPSA) is 40.8 Å². The Balaban J connectivity index is 1.66. The second-order valence-electron chi connectivity index (χ2n) is 10.4. The summed E-state index contributed by atoms with van der Waals surface area (Å²) >= 11 is 0. The monoisotopic (exact) mass is 443 g/mol. The fraction of sp³-hybridized carbons (Fsp3) is 0.226. The zero-order chi connectivity index (χ0) is 23.6. The minimum Gasteiger partial charge on any atom is -0.454 e. The summed E-state index contributed by atoms with van der Waals surface area (Å²) in [7, 11) is 2.06. The maximum Gasteiger partial charge on any atom is 0.216 e. The second-order valence-corrected chi connectivity index (χ2v) is 10.4. The van der Waals surface area contributed by atoms with E-state index in [0.717, 1.165) is 62.7 Å². The first kappa shape index (κ1) is 20.7. The van der Waals surface area contributed by atoms with Crippen LogP contribution in [0.2, 0.25) is 0 Å². The van der Waals surface area contributed by atoms with Crippen molar-refractivity contribution in [2.45, 2.75) is 33.6 Å². The zero-order valence-electron chi connectivity index (χ0n) is 20.1. The molecule has 0 saturated carbocycles. The van der Waals surface area contributed by atoms with Gasteiger partial charge >= 0.3 is 0 Å². The predicted molar refractivity (Wildman–Crippen MR) is 136 cm³/mol. The molecule has 0 amide bonds. The Morgan fingerprint density at radius 3 is 2.38 bits per heavy atom. The van der Waals surface area contributed by atoms with Gasteiger partial charge in [0, 0.05) is 28.5 Å². The summed E-state index contributed by atoms with van der Waals surface area (Å²) in [6.07, 6.45) is 4.21. The van der Waals surface area contributed by atoms with Crippen molar-refractivity contribution in [3.63, 3.8) is 0 Å². The second kappa shape index (κ2) is 7.30. The number of hydrogen-bond acceptors (Lipinski definition) is 2. The van der Waals surface area contributed by atoms with E-state index in [1.165, 1.54) is 11.1 Å². The first-order valence-corrected chi connectivity index (χ1v) is 11.8. The molecular formula is C31H27N2O+. The van der Waals surface area contributed by atoms with E-state index in [9.17, 15) is 5.26 Å². The van der Waals surface area contributed by atoms with Gasteiger partial charge in [-0.25, -0.2) is 4.57 Å². The van der Waals surface area contributed by atoms with Crippen molar-refractivity contribution in [1.82, 2.24) is 0 Å². The lowest BCUT2D eigenvalue weighted by Crippen LogP contribution is -2.30. The number of fused-ring (bicyclic) bond motifs is 4. The molecule has 3 heteroatoms. The number of pyridine rings is 1. The third-order valence-corrected chi connectivity index (χ3v) is 7.28. The molecule has 3 aromatic carbocycles. The van der Waals surface area contributed by atoms with Crippen molar-refractivity contribution in [3.8, 4) is 28.5 Å². The molecule has 0 unspecified atom stereocenters. The third-order valence-electron chi connectivity index (χ3n) is 7.28. The highest BCUT2D eigenvalue weighted by atomic mass is 16.3. The molecule has 3 nitrogen and oxygen atoms in total. The molecule has 1 aliphatic rings. The van der Waals surface area contributed by atoms with Crippen molar-refractivity contribution in [2.24, 2.45) is 12.5 Å². The highest BCUT2D eigenvalue weighted by Gasteiger charge is 2.29. The SMILES string of the molecule is Cc1ccc2c(oc3c(-c4ccc5c(c4)CC(C)(C)C5)c(C#N)ccc32)c1-c1cccc[n+]1C. The van der Waals surface area contributed by atoms with E-state index >= 15 is 0 Å². The van der Waals surface area contributed by atoms with Crippen molar-refractivity contribution in [3.05, 3.63) is 89.1 Å². The van der Waals surface area contributed by atoms with Gasteiger partial charge in [-0.2, -0.15) is 5.26 Å². The summed E-state index contributed by atoms with van der Waals surface area (Å²) < 4.78 is 8.82. The molecule has 34 heavy (non-hydrogen) atoms. The van der Waals surface area contributed by atoms with Gasteiger partial charge in [0.2, 0.25) is 5.69 Å². The van der Waals surface area contributed by atoms with Gasteiger partial charge in [0.05, 0.1) is 17.2 Å². The van der Waals surface area contributed by atoms with E-state index in [1.54, 1.807) is 0 Å². The van der Waals surface area contributed by atoms with Crippen molar-refractivity contribution < 1.29 is 8.98 Å². The standard InChI is InChI=1S/C31H27N2O/c1-19-8-12-24-25-13-11-22(18-32)28(20-9-10-21-16-31(2,3)17-23(21)15-20)30(25)34-29(24)27(19)26-7-5-6-14-33(26)4/h5-15H,16-17H2,1-4H3/q+1. The van der Waals surface area contributed by atoms with Gasteiger partial charge < -0.3 is 4.42 Å². The average Bonchev–Trinajstić information content (AvgIpc) is 3.33. The van der Waals surface area contributed by atoms with E-state index in [2.05, 4.69) is 87.1 Å². The molecule has 0 fully saturated rings. The lowest BCUT2D eigenvalue weighted by molar-refractivity contribution is -0.660. The molecule has 2 heterocycles. The largest absolute Gasteiger partial charge is 0.454 e. The molecule has 1 aliphatic carbocycles. The van der Waals surface area contributed by atoms with Crippen LogP contribution >= 0.6 is 0 Å². The van der Waals surface area contributed by atoms with Gasteiger partial charge in [0.25, 0.3) is 0 Å². The number of rotatable bonds is 2. The van der Waals surface area contributed by atoms with Gasteiger partial charge in [-0.1, -0.05) is 44.2 Å². The summed E-state index contributed by atoms with van der Waals surface area (Å²) in [5.74, 6) is 0. The van der Waals surface area contributed by atoms with Crippen LogP contribution in [0.15, 0.2) is 71.3 Å². The van der Waals surface area contributed by atoms with Crippen LogP contribution in [-0.4, -0.2) is 0 Å². The Morgan fingerprint density at radius 1 is 0.882 bits per heavy atom. The third kappa shape index (κ3) is 3.06. The maximum atomic E-state index is 10.0. The van der Waals surface area contributed by atoms with E-state index < -0.39 is 0 Å².